The van der Waals surface area contributed by atoms with Crippen LogP contribution in [0.2, 0.25) is 0 Å². The molecular formula is C23H34O4. The Labute approximate surface area is 163 Å². The maximum atomic E-state index is 11.0. The summed E-state index contributed by atoms with van der Waals surface area (Å²) in [6.45, 7) is 8.37. The number of ether oxygens (including phenoxy) is 2. The quantitative estimate of drug-likeness (QED) is 0.797. The van der Waals surface area contributed by atoms with Gasteiger partial charge in [0, 0.05) is 0 Å². The van der Waals surface area contributed by atoms with Gasteiger partial charge in [-0.1, -0.05) is 13.8 Å². The number of benzene rings is 1. The first-order chi connectivity index (χ1) is 12.6. The third kappa shape index (κ3) is 3.88. The van der Waals surface area contributed by atoms with Crippen LogP contribution in [0.1, 0.15) is 64.0 Å². The van der Waals surface area contributed by atoms with Crippen molar-refractivity contribution in [1.29, 1.82) is 0 Å². The minimum atomic E-state index is -0.992. The Morgan fingerprint density at radius 2 is 1.96 bits per heavy atom. The van der Waals surface area contributed by atoms with Crippen LogP contribution in [0.4, 0.5) is 0 Å². The van der Waals surface area contributed by atoms with Crippen LogP contribution in [0, 0.1) is 18.3 Å². The van der Waals surface area contributed by atoms with Crippen molar-refractivity contribution in [3.63, 3.8) is 0 Å². The summed E-state index contributed by atoms with van der Waals surface area (Å²) in [6.07, 6.45) is 8.48. The van der Waals surface area contributed by atoms with Crippen molar-refractivity contribution in [2.75, 3.05) is 13.7 Å². The largest absolute Gasteiger partial charge is 0.496 e. The van der Waals surface area contributed by atoms with Crippen LogP contribution in [0.15, 0.2) is 18.2 Å². The van der Waals surface area contributed by atoms with Crippen molar-refractivity contribution < 1.29 is 19.7 Å². The Morgan fingerprint density at radius 1 is 1.22 bits per heavy atom. The summed E-state index contributed by atoms with van der Waals surface area (Å²) in [5, 5.41) is 20.9. The van der Waals surface area contributed by atoms with E-state index in [1.54, 1.807) is 7.11 Å². The Hall–Kier alpha value is -1.52. The lowest BCUT2D eigenvalue weighted by Gasteiger charge is -2.49. The molecule has 0 amide bonds. The highest BCUT2D eigenvalue weighted by Crippen LogP contribution is 2.49. The van der Waals surface area contributed by atoms with E-state index in [-0.39, 0.29) is 17.9 Å². The van der Waals surface area contributed by atoms with E-state index in [4.69, 9.17) is 9.47 Å². The molecular weight excluding hydrogens is 340 g/mol. The summed E-state index contributed by atoms with van der Waals surface area (Å²) < 4.78 is 11.9. The minimum absolute atomic E-state index is 0.00217. The molecule has 0 radical (unpaired) electrons. The Kier molecular flexibility index (Phi) is 5.35. The minimum Gasteiger partial charge on any atom is -0.496 e. The van der Waals surface area contributed by atoms with Crippen LogP contribution in [-0.2, 0) is 0 Å². The molecule has 27 heavy (non-hydrogen) atoms. The first-order valence-electron chi connectivity index (χ1n) is 10.0. The van der Waals surface area contributed by atoms with Gasteiger partial charge in [0.05, 0.1) is 24.9 Å². The van der Waals surface area contributed by atoms with E-state index < -0.39 is 11.2 Å². The van der Waals surface area contributed by atoms with Gasteiger partial charge in [-0.15, -0.1) is 0 Å². The summed E-state index contributed by atoms with van der Waals surface area (Å²) >= 11 is 0. The van der Waals surface area contributed by atoms with Gasteiger partial charge in [0.15, 0.2) is 0 Å². The predicted molar refractivity (Wildman–Crippen MR) is 108 cm³/mol. The Balaban J connectivity index is 1.80. The number of methoxy groups -OCH3 is 1. The smallest absolute Gasteiger partial charge is 0.131 e. The second-order valence-electron chi connectivity index (χ2n) is 9.32. The van der Waals surface area contributed by atoms with Crippen LogP contribution in [-0.4, -0.2) is 35.1 Å². The average molecular weight is 375 g/mol. The number of rotatable bonds is 5. The summed E-state index contributed by atoms with van der Waals surface area (Å²) in [4.78, 5) is 0. The molecule has 1 aromatic carbocycles. The third-order valence-corrected chi connectivity index (χ3v) is 6.64. The van der Waals surface area contributed by atoms with Gasteiger partial charge in [0.25, 0.3) is 0 Å². The molecule has 3 atom stereocenters. The van der Waals surface area contributed by atoms with Crippen LogP contribution < -0.4 is 9.47 Å². The highest BCUT2D eigenvalue weighted by Gasteiger charge is 2.48. The molecule has 1 saturated carbocycles. The van der Waals surface area contributed by atoms with Gasteiger partial charge in [0.2, 0.25) is 0 Å². The highest BCUT2D eigenvalue weighted by atomic mass is 16.5. The maximum absolute atomic E-state index is 11.0. The van der Waals surface area contributed by atoms with Crippen molar-refractivity contribution in [2.45, 2.75) is 71.0 Å². The van der Waals surface area contributed by atoms with Gasteiger partial charge in [-0.2, -0.15) is 0 Å². The van der Waals surface area contributed by atoms with E-state index in [1.807, 2.05) is 19.1 Å². The zero-order chi connectivity index (χ0) is 19.9. The molecule has 0 unspecified atom stereocenters. The van der Waals surface area contributed by atoms with Gasteiger partial charge in [-0.3, -0.25) is 0 Å². The Morgan fingerprint density at radius 3 is 2.63 bits per heavy atom. The molecule has 0 spiro atoms. The SMILES string of the molecule is COc1cc(C)cc2c1C=C[C@](C)(CC[C@H]1C(C)(C)CCC[C@@]1(O)CO)O2. The molecule has 4 heteroatoms. The molecule has 2 aliphatic rings. The maximum Gasteiger partial charge on any atom is 0.131 e. The molecule has 4 nitrogen and oxygen atoms in total. The fraction of sp³-hybridized carbons (Fsp3) is 0.652. The summed E-state index contributed by atoms with van der Waals surface area (Å²) in [7, 11) is 1.68. The summed E-state index contributed by atoms with van der Waals surface area (Å²) in [6, 6.07) is 4.06. The molecule has 1 aliphatic carbocycles. The molecule has 1 aliphatic heterocycles. The molecule has 1 heterocycles. The van der Waals surface area contributed by atoms with E-state index in [2.05, 4.69) is 32.9 Å². The van der Waals surface area contributed by atoms with Gasteiger partial charge in [-0.05, 0) is 87.1 Å². The predicted octanol–water partition coefficient (Wildman–Crippen LogP) is 4.50. The fourth-order valence-corrected chi connectivity index (χ4v) is 5.03. The lowest BCUT2D eigenvalue weighted by Crippen LogP contribution is -2.52. The molecule has 0 bridgehead atoms. The second-order valence-corrected chi connectivity index (χ2v) is 9.32. The van der Waals surface area contributed by atoms with Crippen LogP contribution in [0.5, 0.6) is 11.5 Å². The molecule has 0 aromatic heterocycles. The van der Waals surface area contributed by atoms with E-state index in [0.717, 1.165) is 48.3 Å². The zero-order valence-electron chi connectivity index (χ0n) is 17.3. The number of fused-ring (bicyclic) bond motifs is 1. The van der Waals surface area contributed by atoms with Crippen molar-refractivity contribution in [3.8, 4) is 11.5 Å². The van der Waals surface area contributed by atoms with Gasteiger partial charge in [-0.25, -0.2) is 0 Å². The topological polar surface area (TPSA) is 58.9 Å². The summed E-state index contributed by atoms with van der Waals surface area (Å²) in [5.41, 5.74) is 0.656. The molecule has 1 fully saturated rings. The number of aliphatic hydroxyl groups is 2. The van der Waals surface area contributed by atoms with E-state index in [1.165, 1.54) is 0 Å². The average Bonchev–Trinajstić information content (AvgIpc) is 2.59. The van der Waals surface area contributed by atoms with Crippen molar-refractivity contribution in [2.24, 2.45) is 11.3 Å². The van der Waals surface area contributed by atoms with Gasteiger partial charge >= 0.3 is 0 Å². The van der Waals surface area contributed by atoms with Gasteiger partial charge < -0.3 is 19.7 Å². The lowest BCUT2D eigenvalue weighted by molar-refractivity contribution is -0.135. The number of aliphatic hydroxyl groups excluding tert-OH is 1. The molecule has 150 valence electrons. The monoisotopic (exact) mass is 374 g/mol. The number of aryl methyl sites for hydroxylation is 1. The second kappa shape index (κ2) is 7.14. The molecule has 0 saturated heterocycles. The van der Waals surface area contributed by atoms with Crippen molar-refractivity contribution >= 4 is 6.08 Å². The standard InChI is InChI=1S/C23H34O4/c1-16-13-18(26-5)17-7-11-22(4,27-19(17)14-16)12-8-20-21(2,3)9-6-10-23(20,25)15-24/h7,11,13-14,20,24-25H,6,8-10,12,15H2,1-5H3/t20-,22+,23+/m0/s1. The first kappa shape index (κ1) is 20.2. The molecule has 1 aromatic rings. The molecule has 2 N–H and O–H groups in total. The first-order valence-corrected chi connectivity index (χ1v) is 10.0. The van der Waals surface area contributed by atoms with Crippen molar-refractivity contribution in [1.82, 2.24) is 0 Å². The van der Waals surface area contributed by atoms with Crippen LogP contribution >= 0.6 is 0 Å². The van der Waals surface area contributed by atoms with Crippen LogP contribution in [0.3, 0.4) is 0 Å². The number of hydrogen-bond acceptors (Lipinski definition) is 4. The fourth-order valence-electron chi connectivity index (χ4n) is 5.03. The Bertz CT molecular complexity index is 723. The van der Waals surface area contributed by atoms with E-state index >= 15 is 0 Å². The van der Waals surface area contributed by atoms with E-state index in [9.17, 15) is 10.2 Å². The van der Waals surface area contributed by atoms with Crippen molar-refractivity contribution in [3.05, 3.63) is 29.3 Å². The third-order valence-electron chi connectivity index (χ3n) is 6.64. The highest BCUT2D eigenvalue weighted by molar-refractivity contribution is 5.68. The van der Waals surface area contributed by atoms with Gasteiger partial charge in [0.1, 0.15) is 17.1 Å². The number of hydrogen-bond donors (Lipinski definition) is 2. The van der Waals surface area contributed by atoms with Crippen LogP contribution in [0.25, 0.3) is 6.08 Å². The normalized spacial score (nSPS) is 31.9. The summed E-state index contributed by atoms with van der Waals surface area (Å²) in [5.74, 6) is 1.72. The molecule has 3 rings (SSSR count). The lowest BCUT2D eigenvalue weighted by atomic mass is 9.59. The zero-order valence-corrected chi connectivity index (χ0v) is 17.3. The van der Waals surface area contributed by atoms with E-state index in [0.29, 0.717) is 6.42 Å².